The number of hydrogen-bond acceptors (Lipinski definition) is 5. The van der Waals surface area contributed by atoms with E-state index >= 15 is 0 Å². The predicted molar refractivity (Wildman–Crippen MR) is 85.4 cm³/mol. The molecule has 0 spiro atoms. The van der Waals surface area contributed by atoms with Gasteiger partial charge in [-0.2, -0.15) is 0 Å². The first-order valence-corrected chi connectivity index (χ1v) is 7.60. The number of benzene rings is 1. The van der Waals surface area contributed by atoms with Crippen molar-refractivity contribution in [3.8, 4) is 5.75 Å². The fourth-order valence-electron chi connectivity index (χ4n) is 2.50. The Balaban J connectivity index is 2.21. The van der Waals surface area contributed by atoms with Crippen LogP contribution in [0.5, 0.6) is 5.75 Å². The Morgan fingerprint density at radius 3 is 2.78 bits per heavy atom. The lowest BCUT2D eigenvalue weighted by atomic mass is 9.91. The Morgan fingerprint density at radius 2 is 2.17 bits per heavy atom. The van der Waals surface area contributed by atoms with Crippen LogP contribution in [0.4, 0.5) is 0 Å². The Labute approximate surface area is 135 Å². The first kappa shape index (κ1) is 17.2. The number of ketones is 1. The first-order chi connectivity index (χ1) is 10.8. The molecule has 0 saturated heterocycles. The van der Waals surface area contributed by atoms with Gasteiger partial charge in [-0.15, -0.1) is 0 Å². The molecular weight excluding hydrogens is 296 g/mol. The molecule has 1 aliphatic rings. The van der Waals surface area contributed by atoms with Crippen LogP contribution in [-0.2, 0) is 9.53 Å². The van der Waals surface area contributed by atoms with E-state index in [-0.39, 0.29) is 18.0 Å². The zero-order chi connectivity index (χ0) is 17.2. The van der Waals surface area contributed by atoms with Gasteiger partial charge in [-0.3, -0.25) is 4.79 Å². The van der Waals surface area contributed by atoms with E-state index in [4.69, 9.17) is 14.6 Å². The second-order valence-corrected chi connectivity index (χ2v) is 6.24. The van der Waals surface area contributed by atoms with Crippen LogP contribution in [-0.4, -0.2) is 29.1 Å². The zero-order valence-corrected chi connectivity index (χ0v) is 13.9. The van der Waals surface area contributed by atoms with E-state index in [0.717, 1.165) is 0 Å². The van der Waals surface area contributed by atoms with Gasteiger partial charge < -0.3 is 14.6 Å². The summed E-state index contributed by atoms with van der Waals surface area (Å²) in [5.41, 5.74) is 0.919. The molecule has 0 aromatic heterocycles. The van der Waals surface area contributed by atoms with Gasteiger partial charge in [0.25, 0.3) is 0 Å². The van der Waals surface area contributed by atoms with Crippen molar-refractivity contribution in [3.63, 3.8) is 0 Å². The number of ether oxygens (including phenoxy) is 2. The van der Waals surface area contributed by atoms with Crippen LogP contribution >= 0.6 is 0 Å². The standard InChI is InChI=1S/C18H22O5/c1-5-12(10-19)17(21)22-11(2)13-6-7-16-14(8-13)15(20)9-18(3,4)23-16/h5-8,11,19H,9-10H2,1-4H3/b12-5-. The molecule has 0 fully saturated rings. The van der Waals surface area contributed by atoms with E-state index in [0.29, 0.717) is 23.3 Å². The maximum Gasteiger partial charge on any atom is 0.336 e. The van der Waals surface area contributed by atoms with Gasteiger partial charge in [0.2, 0.25) is 0 Å². The molecule has 0 bridgehead atoms. The topological polar surface area (TPSA) is 72.8 Å². The van der Waals surface area contributed by atoms with Gasteiger partial charge in [0, 0.05) is 0 Å². The van der Waals surface area contributed by atoms with Crippen LogP contribution in [0.3, 0.4) is 0 Å². The molecular formula is C18H22O5. The molecule has 0 radical (unpaired) electrons. The van der Waals surface area contributed by atoms with Gasteiger partial charge in [-0.05, 0) is 45.4 Å². The van der Waals surface area contributed by atoms with Crippen molar-refractivity contribution in [2.75, 3.05) is 6.61 Å². The van der Waals surface area contributed by atoms with Crippen molar-refractivity contribution in [1.29, 1.82) is 0 Å². The summed E-state index contributed by atoms with van der Waals surface area (Å²) in [4.78, 5) is 24.2. The number of rotatable bonds is 4. The Kier molecular flexibility index (Phi) is 4.90. The molecule has 0 aliphatic carbocycles. The lowest BCUT2D eigenvalue weighted by Gasteiger charge is -2.32. The number of fused-ring (bicyclic) bond motifs is 1. The summed E-state index contributed by atoms with van der Waals surface area (Å²) < 4.78 is 11.1. The molecule has 1 heterocycles. The number of esters is 1. The largest absolute Gasteiger partial charge is 0.487 e. The van der Waals surface area contributed by atoms with Crippen LogP contribution in [0.2, 0.25) is 0 Å². The molecule has 23 heavy (non-hydrogen) atoms. The van der Waals surface area contributed by atoms with Crippen molar-refractivity contribution in [1.82, 2.24) is 0 Å². The van der Waals surface area contributed by atoms with Crippen LogP contribution < -0.4 is 4.74 Å². The van der Waals surface area contributed by atoms with Crippen molar-refractivity contribution >= 4 is 11.8 Å². The highest BCUT2D eigenvalue weighted by molar-refractivity contribution is 6.00. The zero-order valence-electron chi connectivity index (χ0n) is 13.9. The summed E-state index contributed by atoms with van der Waals surface area (Å²) in [5.74, 6) is 0.00286. The fraction of sp³-hybridized carbons (Fsp3) is 0.444. The summed E-state index contributed by atoms with van der Waals surface area (Å²) in [7, 11) is 0. The Hall–Kier alpha value is -2.14. The van der Waals surface area contributed by atoms with E-state index < -0.39 is 17.7 Å². The van der Waals surface area contributed by atoms with Gasteiger partial charge in [-0.1, -0.05) is 12.1 Å². The highest BCUT2D eigenvalue weighted by Crippen LogP contribution is 2.35. The highest BCUT2D eigenvalue weighted by atomic mass is 16.5. The summed E-state index contributed by atoms with van der Waals surface area (Å²) in [6.07, 6.45) is 1.30. The molecule has 2 rings (SSSR count). The molecule has 1 aliphatic heterocycles. The molecule has 0 saturated carbocycles. The minimum absolute atomic E-state index is 0.0149. The molecule has 1 N–H and O–H groups in total. The van der Waals surface area contributed by atoms with Gasteiger partial charge in [0.15, 0.2) is 5.78 Å². The lowest BCUT2D eigenvalue weighted by molar-refractivity contribution is -0.144. The van der Waals surface area contributed by atoms with Crippen LogP contribution in [0.1, 0.15) is 56.1 Å². The van der Waals surface area contributed by atoms with E-state index in [1.807, 2.05) is 13.8 Å². The number of aliphatic hydroxyl groups is 1. The lowest BCUT2D eigenvalue weighted by Crippen LogP contribution is -2.35. The predicted octanol–water partition coefficient (Wildman–Crippen LogP) is 2.97. The van der Waals surface area contributed by atoms with Crippen molar-refractivity contribution < 1.29 is 24.2 Å². The molecule has 1 unspecified atom stereocenters. The second kappa shape index (κ2) is 6.54. The third-order valence-corrected chi connectivity index (χ3v) is 3.81. The SMILES string of the molecule is C/C=C(/CO)C(=O)OC(C)c1ccc2c(c1)C(=O)CC(C)(C)O2. The number of hydrogen-bond donors (Lipinski definition) is 1. The Morgan fingerprint density at radius 1 is 1.48 bits per heavy atom. The molecule has 124 valence electrons. The van der Waals surface area contributed by atoms with Gasteiger partial charge in [0.05, 0.1) is 24.2 Å². The van der Waals surface area contributed by atoms with Crippen molar-refractivity contribution in [2.45, 2.75) is 45.8 Å². The van der Waals surface area contributed by atoms with Crippen LogP contribution in [0.15, 0.2) is 29.8 Å². The number of carbonyl (C=O) groups excluding carboxylic acids is 2. The number of Topliss-reactive ketones (excluding diaryl/α,β-unsaturated/α-hetero) is 1. The summed E-state index contributed by atoms with van der Waals surface area (Å²) >= 11 is 0. The van der Waals surface area contributed by atoms with E-state index in [1.165, 1.54) is 6.08 Å². The van der Waals surface area contributed by atoms with E-state index in [1.54, 1.807) is 32.0 Å². The number of aliphatic hydroxyl groups excluding tert-OH is 1. The summed E-state index contributed by atoms with van der Waals surface area (Å²) in [5, 5.41) is 9.09. The third kappa shape index (κ3) is 3.79. The van der Waals surface area contributed by atoms with Gasteiger partial charge in [0.1, 0.15) is 17.5 Å². The average molecular weight is 318 g/mol. The Bertz CT molecular complexity index is 657. The van der Waals surface area contributed by atoms with Crippen LogP contribution in [0.25, 0.3) is 0 Å². The quantitative estimate of drug-likeness (QED) is 0.682. The maximum absolute atomic E-state index is 12.3. The molecule has 5 heteroatoms. The summed E-state index contributed by atoms with van der Waals surface area (Å²) in [6.45, 7) is 6.77. The highest BCUT2D eigenvalue weighted by Gasteiger charge is 2.32. The fourth-order valence-corrected chi connectivity index (χ4v) is 2.50. The van der Waals surface area contributed by atoms with Crippen molar-refractivity contribution in [2.24, 2.45) is 0 Å². The average Bonchev–Trinajstić information content (AvgIpc) is 2.46. The molecule has 5 nitrogen and oxygen atoms in total. The first-order valence-electron chi connectivity index (χ1n) is 7.60. The molecule has 1 aromatic rings. The molecule has 1 aromatic carbocycles. The number of allylic oxidation sites excluding steroid dienone is 1. The number of carbonyl (C=O) groups is 2. The third-order valence-electron chi connectivity index (χ3n) is 3.81. The normalized spacial score (nSPS) is 18.0. The maximum atomic E-state index is 12.3. The van der Waals surface area contributed by atoms with Crippen LogP contribution in [0, 0.1) is 0 Å². The second-order valence-electron chi connectivity index (χ2n) is 6.24. The van der Waals surface area contributed by atoms with Gasteiger partial charge in [-0.25, -0.2) is 4.79 Å². The molecule has 1 atom stereocenters. The minimum Gasteiger partial charge on any atom is -0.487 e. The van der Waals surface area contributed by atoms with E-state index in [9.17, 15) is 9.59 Å². The van der Waals surface area contributed by atoms with Crippen molar-refractivity contribution in [3.05, 3.63) is 41.0 Å². The molecule has 0 amide bonds. The minimum atomic E-state index is -0.566. The summed E-state index contributed by atoms with van der Waals surface area (Å²) in [6, 6.07) is 5.22. The smallest absolute Gasteiger partial charge is 0.336 e. The van der Waals surface area contributed by atoms with E-state index in [2.05, 4.69) is 0 Å². The monoisotopic (exact) mass is 318 g/mol. The van der Waals surface area contributed by atoms with Gasteiger partial charge >= 0.3 is 5.97 Å².